The first kappa shape index (κ1) is 12.3. The summed E-state index contributed by atoms with van der Waals surface area (Å²) in [6.45, 7) is 0. The second-order valence-corrected chi connectivity index (χ2v) is 6.90. The molecule has 0 aliphatic rings. The summed E-state index contributed by atoms with van der Waals surface area (Å²) in [6, 6.07) is 6.59. The standard InChI is InChI=1S/C9H8ClN3O2S2/c10-7-3-1-6(2-4-7)5-17(14,15)9-13-12-8(11)16-9/h1-4H,5H2,(H2,11,12). The fourth-order valence-corrected chi connectivity index (χ4v) is 3.54. The maximum Gasteiger partial charge on any atom is 0.234 e. The van der Waals surface area contributed by atoms with Crippen molar-refractivity contribution < 1.29 is 8.42 Å². The third-order valence-corrected chi connectivity index (χ3v) is 5.10. The van der Waals surface area contributed by atoms with Crippen LogP contribution in [0.2, 0.25) is 5.02 Å². The molecule has 0 amide bonds. The molecule has 1 aromatic carbocycles. The van der Waals surface area contributed by atoms with Crippen LogP contribution in [0.25, 0.3) is 0 Å². The van der Waals surface area contributed by atoms with Crippen molar-refractivity contribution in [3.63, 3.8) is 0 Å². The summed E-state index contributed by atoms with van der Waals surface area (Å²) in [4.78, 5) is 0. The summed E-state index contributed by atoms with van der Waals surface area (Å²) in [6.07, 6.45) is 0. The van der Waals surface area contributed by atoms with Gasteiger partial charge in [0.2, 0.25) is 19.3 Å². The first-order valence-electron chi connectivity index (χ1n) is 4.53. The average molecular weight is 290 g/mol. The van der Waals surface area contributed by atoms with E-state index < -0.39 is 9.84 Å². The first-order chi connectivity index (χ1) is 7.97. The van der Waals surface area contributed by atoms with E-state index in [0.29, 0.717) is 10.6 Å². The molecule has 1 aromatic heterocycles. The molecule has 0 bridgehead atoms. The molecule has 2 aromatic rings. The number of nitrogen functional groups attached to an aromatic ring is 1. The molecule has 2 rings (SSSR count). The van der Waals surface area contributed by atoms with Gasteiger partial charge in [-0.2, -0.15) is 0 Å². The highest BCUT2D eigenvalue weighted by Crippen LogP contribution is 2.22. The van der Waals surface area contributed by atoms with Crippen LogP contribution in [0.1, 0.15) is 5.56 Å². The monoisotopic (exact) mass is 289 g/mol. The van der Waals surface area contributed by atoms with E-state index in [2.05, 4.69) is 10.2 Å². The summed E-state index contributed by atoms with van der Waals surface area (Å²) in [5.74, 6) is -0.140. The fourth-order valence-electron chi connectivity index (χ4n) is 1.21. The molecule has 0 aliphatic carbocycles. The Morgan fingerprint density at radius 1 is 1.24 bits per heavy atom. The molecule has 17 heavy (non-hydrogen) atoms. The molecule has 0 fully saturated rings. The zero-order valence-corrected chi connectivity index (χ0v) is 10.9. The molecule has 0 spiro atoms. The number of halogens is 1. The van der Waals surface area contributed by atoms with Crippen LogP contribution in [-0.4, -0.2) is 18.6 Å². The van der Waals surface area contributed by atoms with Crippen molar-refractivity contribution in [2.45, 2.75) is 10.1 Å². The number of benzene rings is 1. The third kappa shape index (κ3) is 2.93. The molecular formula is C9H8ClN3O2S2. The second-order valence-electron chi connectivity index (χ2n) is 3.29. The van der Waals surface area contributed by atoms with E-state index in [-0.39, 0.29) is 15.2 Å². The van der Waals surface area contributed by atoms with Crippen LogP contribution in [0.4, 0.5) is 5.13 Å². The van der Waals surface area contributed by atoms with Gasteiger partial charge >= 0.3 is 0 Å². The Morgan fingerprint density at radius 2 is 1.88 bits per heavy atom. The highest BCUT2D eigenvalue weighted by Gasteiger charge is 2.20. The highest BCUT2D eigenvalue weighted by atomic mass is 35.5. The Bertz CT molecular complexity index is 622. The van der Waals surface area contributed by atoms with Gasteiger partial charge in [0.05, 0.1) is 5.75 Å². The minimum Gasteiger partial charge on any atom is -0.374 e. The number of anilines is 1. The molecule has 2 N–H and O–H groups in total. The Labute approximate surface area is 107 Å². The molecule has 1 heterocycles. The van der Waals surface area contributed by atoms with E-state index in [4.69, 9.17) is 17.3 Å². The largest absolute Gasteiger partial charge is 0.374 e. The van der Waals surface area contributed by atoms with Crippen LogP contribution < -0.4 is 5.73 Å². The van der Waals surface area contributed by atoms with Crippen molar-refractivity contribution in [1.29, 1.82) is 0 Å². The van der Waals surface area contributed by atoms with Gasteiger partial charge in [0.15, 0.2) is 0 Å². The van der Waals surface area contributed by atoms with Gasteiger partial charge in [-0.25, -0.2) is 8.42 Å². The maximum atomic E-state index is 11.9. The fraction of sp³-hybridized carbons (Fsp3) is 0.111. The lowest BCUT2D eigenvalue weighted by Gasteiger charge is -2.00. The van der Waals surface area contributed by atoms with E-state index in [1.807, 2.05) is 0 Å². The molecule has 0 saturated carbocycles. The van der Waals surface area contributed by atoms with Crippen molar-refractivity contribution in [2.75, 3.05) is 5.73 Å². The van der Waals surface area contributed by atoms with Crippen LogP contribution in [0.15, 0.2) is 28.6 Å². The zero-order valence-electron chi connectivity index (χ0n) is 8.50. The topological polar surface area (TPSA) is 85.9 Å². The van der Waals surface area contributed by atoms with E-state index in [1.54, 1.807) is 24.3 Å². The second kappa shape index (κ2) is 4.59. The van der Waals surface area contributed by atoms with Crippen molar-refractivity contribution in [2.24, 2.45) is 0 Å². The molecule has 8 heteroatoms. The molecule has 0 unspecified atom stereocenters. The summed E-state index contributed by atoms with van der Waals surface area (Å²) in [5.41, 5.74) is 5.99. The normalized spacial score (nSPS) is 11.6. The molecule has 5 nitrogen and oxygen atoms in total. The third-order valence-electron chi connectivity index (χ3n) is 1.96. The number of sulfone groups is 1. The minimum absolute atomic E-state index is 0.0649. The Morgan fingerprint density at radius 3 is 2.41 bits per heavy atom. The summed E-state index contributed by atoms with van der Waals surface area (Å²) in [5, 5.41) is 7.72. The van der Waals surface area contributed by atoms with E-state index in [0.717, 1.165) is 11.3 Å². The molecule has 0 radical (unpaired) electrons. The minimum atomic E-state index is -3.48. The summed E-state index contributed by atoms with van der Waals surface area (Å²) in [7, 11) is -3.48. The van der Waals surface area contributed by atoms with Crippen molar-refractivity contribution in [1.82, 2.24) is 10.2 Å². The van der Waals surface area contributed by atoms with E-state index in [9.17, 15) is 8.42 Å². The number of aromatic nitrogens is 2. The number of hydrogen-bond donors (Lipinski definition) is 1. The predicted octanol–water partition coefficient (Wildman–Crippen LogP) is 1.75. The van der Waals surface area contributed by atoms with Gasteiger partial charge in [0.25, 0.3) is 0 Å². The van der Waals surface area contributed by atoms with Crippen LogP contribution >= 0.6 is 22.9 Å². The number of nitrogens with zero attached hydrogens (tertiary/aromatic N) is 2. The Hall–Kier alpha value is -1.18. The molecule has 0 saturated heterocycles. The first-order valence-corrected chi connectivity index (χ1v) is 7.38. The van der Waals surface area contributed by atoms with Crippen molar-refractivity contribution in [3.8, 4) is 0 Å². The number of rotatable bonds is 3. The van der Waals surface area contributed by atoms with Crippen LogP contribution in [0, 0.1) is 0 Å². The lowest BCUT2D eigenvalue weighted by molar-refractivity contribution is 0.593. The summed E-state index contributed by atoms with van der Waals surface area (Å²) >= 11 is 6.58. The molecule has 90 valence electrons. The van der Waals surface area contributed by atoms with E-state index >= 15 is 0 Å². The maximum absolute atomic E-state index is 11.9. The van der Waals surface area contributed by atoms with Crippen molar-refractivity contribution in [3.05, 3.63) is 34.9 Å². The highest BCUT2D eigenvalue weighted by molar-refractivity contribution is 7.92. The van der Waals surface area contributed by atoms with Crippen LogP contribution in [0.3, 0.4) is 0 Å². The van der Waals surface area contributed by atoms with Crippen molar-refractivity contribution >= 4 is 37.9 Å². The predicted molar refractivity (Wildman–Crippen MR) is 66.7 cm³/mol. The SMILES string of the molecule is Nc1nnc(S(=O)(=O)Cc2ccc(Cl)cc2)s1. The number of hydrogen-bond acceptors (Lipinski definition) is 6. The smallest absolute Gasteiger partial charge is 0.234 e. The van der Waals surface area contributed by atoms with Gasteiger partial charge in [-0.3, -0.25) is 0 Å². The molecular weight excluding hydrogens is 282 g/mol. The average Bonchev–Trinajstić information content (AvgIpc) is 2.69. The van der Waals surface area contributed by atoms with Gasteiger partial charge < -0.3 is 5.73 Å². The Kier molecular flexibility index (Phi) is 3.32. The van der Waals surface area contributed by atoms with Gasteiger partial charge in [0, 0.05) is 5.02 Å². The lowest BCUT2D eigenvalue weighted by atomic mass is 10.2. The summed E-state index contributed by atoms with van der Waals surface area (Å²) < 4.78 is 23.8. The van der Waals surface area contributed by atoms with Gasteiger partial charge in [0.1, 0.15) is 0 Å². The van der Waals surface area contributed by atoms with Gasteiger partial charge in [-0.05, 0) is 17.7 Å². The zero-order chi connectivity index (χ0) is 12.5. The number of nitrogens with two attached hydrogens (primary N) is 1. The van der Waals surface area contributed by atoms with E-state index in [1.165, 1.54) is 0 Å². The Balaban J connectivity index is 2.26. The molecule has 0 atom stereocenters. The lowest BCUT2D eigenvalue weighted by Crippen LogP contribution is -2.04. The molecule has 0 aliphatic heterocycles. The quantitative estimate of drug-likeness (QED) is 0.930. The van der Waals surface area contributed by atoms with Crippen LogP contribution in [0.5, 0.6) is 0 Å². The van der Waals surface area contributed by atoms with Gasteiger partial charge in [-0.1, -0.05) is 35.1 Å². The van der Waals surface area contributed by atoms with Gasteiger partial charge in [-0.15, -0.1) is 10.2 Å². The van der Waals surface area contributed by atoms with Crippen LogP contribution in [-0.2, 0) is 15.6 Å².